The first-order chi connectivity index (χ1) is 9.18. The highest BCUT2D eigenvalue weighted by Crippen LogP contribution is 2.21. The van der Waals surface area contributed by atoms with Crippen LogP contribution in [0.4, 0.5) is 0 Å². The summed E-state index contributed by atoms with van der Waals surface area (Å²) in [4.78, 5) is 12.3. The van der Waals surface area contributed by atoms with Gasteiger partial charge in [-0.3, -0.25) is 4.79 Å². The molecule has 0 amide bonds. The standard InChI is InChI=1S/C18H20O/c1-14-8-6-7-11-17(14)15(2)18(19)13-12-16-9-4-3-5-10-16/h3-11,15H,12-13H2,1-2H3. The Morgan fingerprint density at radius 1 is 1.00 bits per heavy atom. The third-order valence-electron chi connectivity index (χ3n) is 3.64. The number of rotatable bonds is 5. The molecule has 0 heterocycles. The van der Waals surface area contributed by atoms with E-state index < -0.39 is 0 Å². The number of hydrogen-bond donors (Lipinski definition) is 0. The molecule has 0 aromatic heterocycles. The molecule has 2 aromatic rings. The Morgan fingerprint density at radius 3 is 2.32 bits per heavy atom. The van der Waals surface area contributed by atoms with Crippen LogP contribution in [0.15, 0.2) is 54.6 Å². The number of hydrogen-bond acceptors (Lipinski definition) is 1. The molecular weight excluding hydrogens is 232 g/mol. The zero-order valence-electron chi connectivity index (χ0n) is 11.6. The summed E-state index contributed by atoms with van der Waals surface area (Å²) in [7, 11) is 0. The van der Waals surface area contributed by atoms with Crippen LogP contribution in [0, 0.1) is 6.92 Å². The zero-order valence-corrected chi connectivity index (χ0v) is 11.6. The van der Waals surface area contributed by atoms with Gasteiger partial charge in [0.1, 0.15) is 5.78 Å². The first-order valence-corrected chi connectivity index (χ1v) is 6.80. The van der Waals surface area contributed by atoms with Crippen LogP contribution >= 0.6 is 0 Å². The van der Waals surface area contributed by atoms with Crippen molar-refractivity contribution in [2.45, 2.75) is 32.6 Å². The maximum Gasteiger partial charge on any atom is 0.140 e. The van der Waals surface area contributed by atoms with Crippen molar-refractivity contribution in [1.29, 1.82) is 0 Å². The summed E-state index contributed by atoms with van der Waals surface area (Å²) >= 11 is 0. The van der Waals surface area contributed by atoms with Crippen LogP contribution < -0.4 is 0 Å². The maximum absolute atomic E-state index is 12.3. The molecule has 0 aliphatic rings. The van der Waals surface area contributed by atoms with Crippen molar-refractivity contribution in [3.63, 3.8) is 0 Å². The van der Waals surface area contributed by atoms with Crippen molar-refractivity contribution in [2.75, 3.05) is 0 Å². The van der Waals surface area contributed by atoms with Gasteiger partial charge in [0.2, 0.25) is 0 Å². The fourth-order valence-electron chi connectivity index (χ4n) is 2.37. The van der Waals surface area contributed by atoms with Crippen molar-refractivity contribution in [2.24, 2.45) is 0 Å². The SMILES string of the molecule is Cc1ccccc1C(C)C(=O)CCc1ccccc1. The van der Waals surface area contributed by atoms with Crippen molar-refractivity contribution in [3.05, 3.63) is 71.3 Å². The summed E-state index contributed by atoms with van der Waals surface area (Å²) in [6.07, 6.45) is 1.44. The van der Waals surface area contributed by atoms with Crippen molar-refractivity contribution in [3.8, 4) is 0 Å². The van der Waals surface area contributed by atoms with E-state index in [1.165, 1.54) is 11.1 Å². The molecule has 2 rings (SSSR count). The van der Waals surface area contributed by atoms with Crippen LogP contribution in [0.1, 0.15) is 36.0 Å². The van der Waals surface area contributed by atoms with Gasteiger partial charge in [0.15, 0.2) is 0 Å². The van der Waals surface area contributed by atoms with E-state index in [1.54, 1.807) is 0 Å². The van der Waals surface area contributed by atoms with E-state index in [0.29, 0.717) is 12.2 Å². The minimum Gasteiger partial charge on any atom is -0.299 e. The fraction of sp³-hybridized carbons (Fsp3) is 0.278. The molecule has 0 spiro atoms. The highest BCUT2D eigenvalue weighted by molar-refractivity contribution is 5.85. The van der Waals surface area contributed by atoms with Gasteiger partial charge in [0, 0.05) is 12.3 Å². The van der Waals surface area contributed by atoms with Crippen LogP contribution in [0.25, 0.3) is 0 Å². The summed E-state index contributed by atoms with van der Waals surface area (Å²) in [6, 6.07) is 18.3. The summed E-state index contributed by atoms with van der Waals surface area (Å²) in [5.41, 5.74) is 3.58. The van der Waals surface area contributed by atoms with Gasteiger partial charge in [-0.2, -0.15) is 0 Å². The molecule has 98 valence electrons. The smallest absolute Gasteiger partial charge is 0.140 e. The third-order valence-corrected chi connectivity index (χ3v) is 3.64. The van der Waals surface area contributed by atoms with Crippen molar-refractivity contribution in [1.82, 2.24) is 0 Å². The van der Waals surface area contributed by atoms with Gasteiger partial charge in [-0.15, -0.1) is 0 Å². The summed E-state index contributed by atoms with van der Waals surface area (Å²) in [5.74, 6) is 0.308. The maximum atomic E-state index is 12.3. The molecule has 0 bridgehead atoms. The molecule has 1 nitrogen and oxygen atoms in total. The zero-order chi connectivity index (χ0) is 13.7. The van der Waals surface area contributed by atoms with Gasteiger partial charge in [-0.1, -0.05) is 61.5 Å². The molecule has 0 fully saturated rings. The molecule has 0 saturated carbocycles. The van der Waals surface area contributed by atoms with Crippen LogP contribution in [-0.4, -0.2) is 5.78 Å². The fourth-order valence-corrected chi connectivity index (χ4v) is 2.37. The largest absolute Gasteiger partial charge is 0.299 e. The van der Waals surface area contributed by atoms with Crippen LogP contribution in [-0.2, 0) is 11.2 Å². The Kier molecular flexibility index (Phi) is 4.51. The molecule has 0 aliphatic carbocycles. The second-order valence-corrected chi connectivity index (χ2v) is 5.03. The number of carbonyl (C=O) groups is 1. The van der Waals surface area contributed by atoms with E-state index in [9.17, 15) is 4.79 Å². The highest BCUT2D eigenvalue weighted by atomic mass is 16.1. The van der Waals surface area contributed by atoms with E-state index >= 15 is 0 Å². The summed E-state index contributed by atoms with van der Waals surface area (Å²) in [6.45, 7) is 4.08. The molecule has 0 radical (unpaired) electrons. The lowest BCUT2D eigenvalue weighted by molar-refractivity contribution is -0.120. The number of Topliss-reactive ketones (excluding diaryl/α,β-unsaturated/α-hetero) is 1. The lowest BCUT2D eigenvalue weighted by atomic mass is 9.90. The lowest BCUT2D eigenvalue weighted by Gasteiger charge is -2.13. The Bertz CT molecular complexity index is 543. The Hall–Kier alpha value is -1.89. The molecule has 0 N–H and O–H groups in total. The first kappa shape index (κ1) is 13.5. The minimum atomic E-state index is -0.00934. The lowest BCUT2D eigenvalue weighted by Crippen LogP contribution is -2.11. The second-order valence-electron chi connectivity index (χ2n) is 5.03. The molecule has 1 unspecified atom stereocenters. The molecule has 1 heteroatoms. The van der Waals surface area contributed by atoms with Crippen LogP contribution in [0.2, 0.25) is 0 Å². The van der Waals surface area contributed by atoms with E-state index in [-0.39, 0.29) is 5.92 Å². The normalized spacial score (nSPS) is 12.1. The van der Waals surface area contributed by atoms with Gasteiger partial charge in [-0.25, -0.2) is 0 Å². The molecule has 1 atom stereocenters. The summed E-state index contributed by atoms with van der Waals surface area (Å²) < 4.78 is 0. The number of ketones is 1. The van der Waals surface area contributed by atoms with Crippen molar-refractivity contribution >= 4 is 5.78 Å². The first-order valence-electron chi connectivity index (χ1n) is 6.80. The molecule has 0 saturated heterocycles. The number of benzene rings is 2. The van der Waals surface area contributed by atoms with Gasteiger partial charge < -0.3 is 0 Å². The highest BCUT2D eigenvalue weighted by Gasteiger charge is 2.16. The van der Waals surface area contributed by atoms with Gasteiger partial charge in [0.05, 0.1) is 0 Å². The quantitative estimate of drug-likeness (QED) is 0.775. The molecule has 2 aromatic carbocycles. The van der Waals surface area contributed by atoms with Gasteiger partial charge in [-0.05, 0) is 30.0 Å². The average Bonchev–Trinajstić information content (AvgIpc) is 2.45. The van der Waals surface area contributed by atoms with E-state index in [2.05, 4.69) is 31.2 Å². The second kappa shape index (κ2) is 6.33. The third kappa shape index (κ3) is 3.54. The van der Waals surface area contributed by atoms with Crippen molar-refractivity contribution < 1.29 is 4.79 Å². The number of aryl methyl sites for hydroxylation is 2. The predicted molar refractivity (Wildman–Crippen MR) is 79.4 cm³/mol. The average molecular weight is 252 g/mol. The monoisotopic (exact) mass is 252 g/mol. The van der Waals surface area contributed by atoms with Gasteiger partial charge in [0.25, 0.3) is 0 Å². The summed E-state index contributed by atoms with van der Waals surface area (Å²) in [5, 5.41) is 0. The van der Waals surface area contributed by atoms with Gasteiger partial charge >= 0.3 is 0 Å². The van der Waals surface area contributed by atoms with Crippen LogP contribution in [0.5, 0.6) is 0 Å². The minimum absolute atomic E-state index is 0.00934. The van der Waals surface area contributed by atoms with Crippen LogP contribution in [0.3, 0.4) is 0 Å². The Balaban J connectivity index is 1.99. The van der Waals surface area contributed by atoms with E-state index in [1.807, 2.05) is 37.3 Å². The Morgan fingerprint density at radius 2 is 1.63 bits per heavy atom. The number of carbonyl (C=O) groups excluding carboxylic acids is 1. The molecule has 19 heavy (non-hydrogen) atoms. The Labute approximate surface area is 115 Å². The topological polar surface area (TPSA) is 17.1 Å². The van der Waals surface area contributed by atoms with E-state index in [4.69, 9.17) is 0 Å². The molecule has 0 aliphatic heterocycles. The van der Waals surface area contributed by atoms with E-state index in [0.717, 1.165) is 12.0 Å². The molecular formula is C18H20O. The predicted octanol–water partition coefficient (Wildman–Crippen LogP) is 4.30.